The maximum atomic E-state index is 11.9. The second-order valence-electron chi connectivity index (χ2n) is 5.07. The van der Waals surface area contributed by atoms with Crippen molar-refractivity contribution in [2.24, 2.45) is 5.92 Å². The third-order valence-electron chi connectivity index (χ3n) is 3.06. The lowest BCUT2D eigenvalue weighted by Crippen LogP contribution is -2.20. The van der Waals surface area contributed by atoms with Crippen LogP contribution >= 0.6 is 11.6 Å². The Morgan fingerprint density at radius 3 is 2.50 bits per heavy atom. The quantitative estimate of drug-likeness (QED) is 0.813. The van der Waals surface area contributed by atoms with Gasteiger partial charge in [0.25, 0.3) is 0 Å². The minimum absolute atomic E-state index is 0.0403. The summed E-state index contributed by atoms with van der Waals surface area (Å²) in [4.78, 5) is 11.9. The average molecular weight is 268 g/mol. The second-order valence-corrected chi connectivity index (χ2v) is 5.48. The molecule has 0 aliphatic rings. The monoisotopic (exact) mass is 267 g/mol. The third-order valence-corrected chi connectivity index (χ3v) is 3.39. The summed E-state index contributed by atoms with van der Waals surface area (Å²) in [5.74, 6) is 0.491. The van der Waals surface area contributed by atoms with Crippen molar-refractivity contribution in [3.05, 3.63) is 28.8 Å². The van der Waals surface area contributed by atoms with Crippen molar-refractivity contribution in [3.8, 4) is 0 Å². The summed E-state index contributed by atoms with van der Waals surface area (Å²) in [5.41, 5.74) is 1.88. The van der Waals surface area contributed by atoms with E-state index in [0.717, 1.165) is 24.1 Å². The fraction of sp³-hybridized carbons (Fsp3) is 0.533. The van der Waals surface area contributed by atoms with E-state index in [1.165, 1.54) is 0 Å². The first-order chi connectivity index (χ1) is 8.45. The smallest absolute Gasteiger partial charge is 0.227 e. The van der Waals surface area contributed by atoms with Crippen molar-refractivity contribution in [2.45, 2.75) is 46.5 Å². The molecule has 0 spiro atoms. The SMILES string of the molecule is CCC[C@@H](C)C(=O)Nc1ccc(C(C)C)c(Cl)c1. The highest BCUT2D eigenvalue weighted by molar-refractivity contribution is 6.31. The zero-order valence-corrected chi connectivity index (χ0v) is 12.3. The largest absolute Gasteiger partial charge is 0.326 e. The summed E-state index contributed by atoms with van der Waals surface area (Å²) >= 11 is 6.20. The molecule has 1 atom stereocenters. The predicted octanol–water partition coefficient (Wildman–Crippen LogP) is 4.84. The Bertz CT molecular complexity index is 415. The van der Waals surface area contributed by atoms with Gasteiger partial charge in [-0.05, 0) is 30.0 Å². The van der Waals surface area contributed by atoms with Crippen molar-refractivity contribution < 1.29 is 4.79 Å². The van der Waals surface area contributed by atoms with Crippen molar-refractivity contribution in [1.29, 1.82) is 0 Å². The van der Waals surface area contributed by atoms with E-state index in [4.69, 9.17) is 11.6 Å². The first-order valence-corrected chi connectivity index (χ1v) is 6.93. The number of rotatable bonds is 5. The van der Waals surface area contributed by atoms with E-state index in [-0.39, 0.29) is 11.8 Å². The van der Waals surface area contributed by atoms with Crippen molar-refractivity contribution in [2.75, 3.05) is 5.32 Å². The minimum atomic E-state index is 0.0403. The topological polar surface area (TPSA) is 29.1 Å². The van der Waals surface area contributed by atoms with Gasteiger partial charge in [0, 0.05) is 16.6 Å². The molecule has 0 aromatic heterocycles. The molecule has 0 unspecified atom stereocenters. The van der Waals surface area contributed by atoms with Crippen LogP contribution in [0, 0.1) is 5.92 Å². The van der Waals surface area contributed by atoms with Gasteiger partial charge in [-0.1, -0.05) is 51.8 Å². The molecule has 1 N–H and O–H groups in total. The normalized spacial score (nSPS) is 12.6. The molecule has 0 aliphatic carbocycles. The number of anilines is 1. The molecule has 1 amide bonds. The van der Waals surface area contributed by atoms with Gasteiger partial charge in [-0.2, -0.15) is 0 Å². The summed E-state index contributed by atoms with van der Waals surface area (Å²) in [7, 11) is 0. The van der Waals surface area contributed by atoms with Crippen molar-refractivity contribution >= 4 is 23.2 Å². The number of hydrogen-bond donors (Lipinski definition) is 1. The van der Waals surface area contributed by atoms with Crippen LogP contribution in [0.1, 0.15) is 52.0 Å². The van der Waals surface area contributed by atoms with Crippen LogP contribution in [0.2, 0.25) is 5.02 Å². The van der Waals surface area contributed by atoms with Crippen LogP contribution in [0.4, 0.5) is 5.69 Å². The minimum Gasteiger partial charge on any atom is -0.326 e. The number of nitrogens with one attached hydrogen (secondary N) is 1. The van der Waals surface area contributed by atoms with E-state index in [9.17, 15) is 4.79 Å². The van der Waals surface area contributed by atoms with Gasteiger partial charge in [0.1, 0.15) is 0 Å². The fourth-order valence-corrected chi connectivity index (χ4v) is 2.30. The lowest BCUT2D eigenvalue weighted by Gasteiger charge is -2.13. The van der Waals surface area contributed by atoms with Crippen molar-refractivity contribution in [1.82, 2.24) is 0 Å². The molecular formula is C15H22ClNO. The van der Waals surface area contributed by atoms with Crippen LogP contribution in [0.3, 0.4) is 0 Å². The van der Waals surface area contributed by atoms with Crippen LogP contribution < -0.4 is 5.32 Å². The van der Waals surface area contributed by atoms with E-state index in [1.807, 2.05) is 25.1 Å². The number of halogens is 1. The third kappa shape index (κ3) is 4.02. The van der Waals surface area contributed by atoms with Crippen LogP contribution in [0.5, 0.6) is 0 Å². The molecule has 0 heterocycles. The molecule has 0 saturated carbocycles. The molecule has 0 bridgehead atoms. The van der Waals surface area contributed by atoms with Gasteiger partial charge >= 0.3 is 0 Å². The Kier molecular flexibility index (Phi) is 5.67. The predicted molar refractivity (Wildman–Crippen MR) is 78.2 cm³/mol. The van der Waals surface area contributed by atoms with E-state index in [0.29, 0.717) is 10.9 Å². The Morgan fingerprint density at radius 1 is 1.33 bits per heavy atom. The lowest BCUT2D eigenvalue weighted by molar-refractivity contribution is -0.119. The Balaban J connectivity index is 2.74. The number of amides is 1. The standard InChI is InChI=1S/C15H22ClNO/c1-5-6-11(4)15(18)17-12-7-8-13(10(2)3)14(16)9-12/h7-11H,5-6H2,1-4H3,(H,17,18)/t11-/m1/s1. The van der Waals surface area contributed by atoms with E-state index < -0.39 is 0 Å². The molecule has 0 aliphatic heterocycles. The molecule has 1 aromatic rings. The Labute approximate surface area is 115 Å². The zero-order chi connectivity index (χ0) is 13.7. The molecule has 3 heteroatoms. The summed E-state index contributed by atoms with van der Waals surface area (Å²) in [6.07, 6.45) is 1.92. The molecule has 0 fully saturated rings. The molecule has 2 nitrogen and oxygen atoms in total. The molecule has 100 valence electrons. The van der Waals surface area contributed by atoms with Crippen molar-refractivity contribution in [3.63, 3.8) is 0 Å². The average Bonchev–Trinajstić information content (AvgIpc) is 2.28. The van der Waals surface area contributed by atoms with Gasteiger partial charge in [-0.3, -0.25) is 4.79 Å². The Hall–Kier alpha value is -1.02. The van der Waals surface area contributed by atoms with Crippen LogP contribution in [-0.4, -0.2) is 5.91 Å². The molecule has 0 radical (unpaired) electrons. The summed E-state index contributed by atoms with van der Waals surface area (Å²) in [6.45, 7) is 8.23. The number of carbonyl (C=O) groups excluding carboxylic acids is 1. The van der Waals surface area contributed by atoms with Gasteiger partial charge in [-0.25, -0.2) is 0 Å². The van der Waals surface area contributed by atoms with E-state index >= 15 is 0 Å². The van der Waals surface area contributed by atoms with Crippen LogP contribution in [0.15, 0.2) is 18.2 Å². The van der Waals surface area contributed by atoms with Gasteiger partial charge in [0.15, 0.2) is 0 Å². The van der Waals surface area contributed by atoms with Crippen LogP contribution in [-0.2, 0) is 4.79 Å². The van der Waals surface area contributed by atoms with Gasteiger partial charge in [0.2, 0.25) is 5.91 Å². The summed E-state index contributed by atoms with van der Waals surface area (Å²) < 4.78 is 0. The zero-order valence-electron chi connectivity index (χ0n) is 11.6. The summed E-state index contributed by atoms with van der Waals surface area (Å²) in [5, 5.41) is 3.62. The lowest BCUT2D eigenvalue weighted by atomic mass is 10.0. The number of carbonyl (C=O) groups is 1. The highest BCUT2D eigenvalue weighted by Crippen LogP contribution is 2.27. The first kappa shape index (κ1) is 15.0. The number of hydrogen-bond acceptors (Lipinski definition) is 1. The van der Waals surface area contributed by atoms with Gasteiger partial charge in [0.05, 0.1) is 0 Å². The van der Waals surface area contributed by atoms with Gasteiger partial charge in [-0.15, -0.1) is 0 Å². The molecular weight excluding hydrogens is 246 g/mol. The Morgan fingerprint density at radius 2 is 2.00 bits per heavy atom. The maximum Gasteiger partial charge on any atom is 0.227 e. The van der Waals surface area contributed by atoms with Crippen LogP contribution in [0.25, 0.3) is 0 Å². The first-order valence-electron chi connectivity index (χ1n) is 6.56. The fourth-order valence-electron chi connectivity index (χ4n) is 1.90. The highest BCUT2D eigenvalue weighted by Gasteiger charge is 2.13. The van der Waals surface area contributed by atoms with E-state index in [2.05, 4.69) is 26.1 Å². The molecule has 1 aromatic carbocycles. The number of benzene rings is 1. The highest BCUT2D eigenvalue weighted by atomic mass is 35.5. The molecule has 0 saturated heterocycles. The maximum absolute atomic E-state index is 11.9. The molecule has 1 rings (SSSR count). The van der Waals surface area contributed by atoms with E-state index in [1.54, 1.807) is 0 Å². The second kappa shape index (κ2) is 6.79. The van der Waals surface area contributed by atoms with Gasteiger partial charge < -0.3 is 5.32 Å². The molecule has 18 heavy (non-hydrogen) atoms. The summed E-state index contributed by atoms with van der Waals surface area (Å²) in [6, 6.07) is 5.72.